The highest BCUT2D eigenvalue weighted by Gasteiger charge is 2.13. The zero-order chi connectivity index (χ0) is 23.2. The number of halogens is 2. The van der Waals surface area contributed by atoms with E-state index in [-0.39, 0.29) is 5.91 Å². The number of nitrogens with zero attached hydrogens (tertiary/aromatic N) is 2. The van der Waals surface area contributed by atoms with Crippen LogP contribution in [0.1, 0.15) is 46.6 Å². The Morgan fingerprint density at radius 3 is 2.58 bits per heavy atom. The normalized spacial score (nSPS) is 11.1. The summed E-state index contributed by atoms with van der Waals surface area (Å²) in [5.41, 5.74) is 4.85. The van der Waals surface area contributed by atoms with E-state index in [9.17, 15) is 4.79 Å². The van der Waals surface area contributed by atoms with E-state index in [1.807, 2.05) is 61.5 Å². The number of rotatable bonds is 9. The highest BCUT2D eigenvalue weighted by Crippen LogP contribution is 2.25. The van der Waals surface area contributed by atoms with Crippen molar-refractivity contribution >= 4 is 40.1 Å². The predicted octanol–water partition coefficient (Wildman–Crippen LogP) is 6.84. The average Bonchev–Trinajstić information content (AvgIpc) is 3.15. The Labute approximate surface area is 204 Å². The van der Waals surface area contributed by atoms with Crippen LogP contribution in [0.2, 0.25) is 10.0 Å². The van der Waals surface area contributed by atoms with Crippen molar-refractivity contribution in [3.8, 4) is 0 Å². The number of benzene rings is 3. The van der Waals surface area contributed by atoms with Crippen LogP contribution in [-0.4, -0.2) is 22.0 Å². The quantitative estimate of drug-likeness (QED) is 0.267. The first-order valence-electron chi connectivity index (χ1n) is 11.2. The molecule has 4 nitrogen and oxygen atoms in total. The largest absolute Gasteiger partial charge is 0.352 e. The van der Waals surface area contributed by atoms with Gasteiger partial charge in [0.25, 0.3) is 5.91 Å². The Hall–Kier alpha value is -2.82. The predicted molar refractivity (Wildman–Crippen MR) is 136 cm³/mol. The molecule has 0 aliphatic heterocycles. The van der Waals surface area contributed by atoms with Crippen molar-refractivity contribution in [1.82, 2.24) is 14.9 Å². The minimum absolute atomic E-state index is 0.00487. The maximum absolute atomic E-state index is 12.3. The van der Waals surface area contributed by atoms with Crippen molar-refractivity contribution in [2.45, 2.75) is 39.2 Å². The second-order valence-corrected chi connectivity index (χ2v) is 9.06. The van der Waals surface area contributed by atoms with E-state index in [2.05, 4.69) is 16.0 Å². The molecule has 170 valence electrons. The minimum atomic E-state index is -0.00487. The van der Waals surface area contributed by atoms with Gasteiger partial charge in [0, 0.05) is 28.6 Å². The number of aromatic nitrogens is 2. The lowest BCUT2D eigenvalue weighted by atomic mass is 10.1. The molecule has 0 atom stereocenters. The molecule has 0 aliphatic carbocycles. The first-order valence-corrected chi connectivity index (χ1v) is 12.0. The number of hydrogen-bond acceptors (Lipinski definition) is 2. The summed E-state index contributed by atoms with van der Waals surface area (Å²) in [6.45, 7) is 3.28. The molecule has 0 bridgehead atoms. The van der Waals surface area contributed by atoms with Crippen LogP contribution in [0, 0.1) is 6.92 Å². The number of para-hydroxylation sites is 2. The van der Waals surface area contributed by atoms with E-state index < -0.39 is 0 Å². The van der Waals surface area contributed by atoms with E-state index in [4.69, 9.17) is 28.2 Å². The molecule has 0 fully saturated rings. The number of unbranched alkanes of at least 4 members (excludes halogenated alkanes) is 2. The van der Waals surface area contributed by atoms with Crippen LogP contribution in [-0.2, 0) is 13.0 Å². The molecule has 0 aliphatic rings. The van der Waals surface area contributed by atoms with Gasteiger partial charge in [0.2, 0.25) is 0 Å². The van der Waals surface area contributed by atoms with Crippen molar-refractivity contribution in [3.05, 3.63) is 99.3 Å². The highest BCUT2D eigenvalue weighted by molar-refractivity contribution is 6.35. The van der Waals surface area contributed by atoms with Crippen LogP contribution in [0.4, 0.5) is 0 Å². The summed E-state index contributed by atoms with van der Waals surface area (Å²) in [4.78, 5) is 17.2. The third kappa shape index (κ3) is 5.76. The lowest BCUT2D eigenvalue weighted by Gasteiger charge is -2.11. The molecular weight excluding hydrogens is 453 g/mol. The van der Waals surface area contributed by atoms with Gasteiger partial charge in [-0.1, -0.05) is 66.0 Å². The van der Waals surface area contributed by atoms with Crippen LogP contribution in [0.15, 0.2) is 66.7 Å². The van der Waals surface area contributed by atoms with Crippen LogP contribution in [0.25, 0.3) is 11.0 Å². The fraction of sp³-hybridized carbons (Fsp3) is 0.259. The van der Waals surface area contributed by atoms with Gasteiger partial charge >= 0.3 is 0 Å². The van der Waals surface area contributed by atoms with E-state index in [1.54, 1.807) is 6.07 Å². The van der Waals surface area contributed by atoms with E-state index in [0.717, 1.165) is 59.2 Å². The van der Waals surface area contributed by atoms with Crippen LogP contribution < -0.4 is 5.32 Å². The van der Waals surface area contributed by atoms with Crippen LogP contribution >= 0.6 is 23.2 Å². The molecule has 0 saturated carbocycles. The first kappa shape index (κ1) is 23.3. The highest BCUT2D eigenvalue weighted by atomic mass is 35.5. The van der Waals surface area contributed by atoms with E-state index >= 15 is 0 Å². The molecule has 1 N–H and O–H groups in total. The van der Waals surface area contributed by atoms with Gasteiger partial charge in [-0.15, -0.1) is 0 Å². The second kappa shape index (κ2) is 10.9. The third-order valence-electron chi connectivity index (χ3n) is 5.83. The van der Waals surface area contributed by atoms with Crippen LogP contribution in [0.5, 0.6) is 0 Å². The summed E-state index contributed by atoms with van der Waals surface area (Å²) in [6.07, 6.45) is 3.81. The van der Waals surface area contributed by atoms with Gasteiger partial charge in [0.1, 0.15) is 5.82 Å². The molecule has 1 amide bonds. The average molecular weight is 480 g/mol. The van der Waals surface area contributed by atoms with Gasteiger partial charge in [-0.05, 0) is 61.2 Å². The molecule has 1 heterocycles. The summed E-state index contributed by atoms with van der Waals surface area (Å²) in [7, 11) is 0. The molecule has 33 heavy (non-hydrogen) atoms. The monoisotopic (exact) mass is 479 g/mol. The van der Waals surface area contributed by atoms with Crippen molar-refractivity contribution in [2.24, 2.45) is 0 Å². The summed E-state index contributed by atoms with van der Waals surface area (Å²) in [5, 5.41) is 4.33. The topological polar surface area (TPSA) is 46.9 Å². The maximum Gasteiger partial charge on any atom is 0.251 e. The van der Waals surface area contributed by atoms with Crippen LogP contribution in [0.3, 0.4) is 0 Å². The SMILES string of the molecule is Cc1ccccc1C(=O)NCCCCCc1nc2ccccc2n1Cc1ccc(Cl)cc1Cl. The fourth-order valence-electron chi connectivity index (χ4n) is 4.02. The molecular formula is C27H27Cl2N3O. The number of hydrogen-bond donors (Lipinski definition) is 1. The molecule has 0 saturated heterocycles. The molecule has 0 spiro atoms. The van der Waals surface area contributed by atoms with Gasteiger partial charge in [-0.2, -0.15) is 0 Å². The van der Waals surface area contributed by atoms with Gasteiger partial charge in [0.15, 0.2) is 0 Å². The Morgan fingerprint density at radius 2 is 1.76 bits per heavy atom. The number of carbonyl (C=O) groups excluding carboxylic acids is 1. The smallest absolute Gasteiger partial charge is 0.251 e. The van der Waals surface area contributed by atoms with Gasteiger partial charge < -0.3 is 9.88 Å². The standard InChI is InChI=1S/C27H27Cl2N3O/c1-19-9-4-5-10-22(19)27(33)30-16-8-2-3-13-26-31-24-11-6-7-12-25(24)32(26)18-20-14-15-21(28)17-23(20)29/h4-7,9-12,14-15,17H,2-3,8,13,16,18H2,1H3,(H,30,33). The number of aryl methyl sites for hydroxylation is 2. The molecule has 0 unspecified atom stereocenters. The third-order valence-corrected chi connectivity index (χ3v) is 6.42. The van der Waals surface area contributed by atoms with Crippen molar-refractivity contribution in [2.75, 3.05) is 6.54 Å². The molecule has 0 radical (unpaired) electrons. The summed E-state index contributed by atoms with van der Waals surface area (Å²) in [6, 6.07) is 21.5. The number of amides is 1. The molecule has 1 aromatic heterocycles. The lowest BCUT2D eigenvalue weighted by molar-refractivity contribution is 0.0952. The van der Waals surface area contributed by atoms with Crippen molar-refractivity contribution < 1.29 is 4.79 Å². The lowest BCUT2D eigenvalue weighted by Crippen LogP contribution is -2.25. The molecule has 4 rings (SSSR count). The Morgan fingerprint density at radius 1 is 0.970 bits per heavy atom. The Bertz CT molecular complexity index is 1270. The number of carbonyl (C=O) groups is 1. The molecule has 4 aromatic rings. The first-order chi connectivity index (χ1) is 16.0. The summed E-state index contributed by atoms with van der Waals surface area (Å²) < 4.78 is 2.24. The molecule has 6 heteroatoms. The number of fused-ring (bicyclic) bond motifs is 1. The zero-order valence-electron chi connectivity index (χ0n) is 18.7. The number of imidazole rings is 1. The van der Waals surface area contributed by atoms with Gasteiger partial charge in [0.05, 0.1) is 17.6 Å². The Kier molecular flexibility index (Phi) is 7.69. The zero-order valence-corrected chi connectivity index (χ0v) is 20.2. The number of nitrogens with one attached hydrogen (secondary N) is 1. The fourth-order valence-corrected chi connectivity index (χ4v) is 4.49. The van der Waals surface area contributed by atoms with Gasteiger partial charge in [-0.25, -0.2) is 4.98 Å². The van der Waals surface area contributed by atoms with E-state index in [1.165, 1.54) is 0 Å². The molecule has 3 aromatic carbocycles. The van der Waals surface area contributed by atoms with E-state index in [0.29, 0.717) is 23.1 Å². The summed E-state index contributed by atoms with van der Waals surface area (Å²) in [5.74, 6) is 1.04. The van der Waals surface area contributed by atoms with Gasteiger partial charge in [-0.3, -0.25) is 4.79 Å². The maximum atomic E-state index is 12.3. The minimum Gasteiger partial charge on any atom is -0.352 e. The Balaban J connectivity index is 1.35. The van der Waals surface area contributed by atoms with Crippen molar-refractivity contribution in [3.63, 3.8) is 0 Å². The second-order valence-electron chi connectivity index (χ2n) is 8.22. The summed E-state index contributed by atoms with van der Waals surface area (Å²) >= 11 is 12.5. The van der Waals surface area contributed by atoms with Crippen molar-refractivity contribution in [1.29, 1.82) is 0 Å².